The molecule has 0 aliphatic carbocycles. The van der Waals surface area contributed by atoms with E-state index in [1.54, 1.807) is 24.3 Å². The monoisotopic (exact) mass is 315 g/mol. The summed E-state index contributed by atoms with van der Waals surface area (Å²) in [6.45, 7) is 0. The van der Waals surface area contributed by atoms with Crippen molar-refractivity contribution in [3.63, 3.8) is 0 Å². The number of aromatic nitrogens is 4. The molecular formula is C14H10ClN5O2. The van der Waals surface area contributed by atoms with Crippen LogP contribution in [0, 0.1) is 11.3 Å². The second-order valence-electron chi connectivity index (χ2n) is 4.76. The largest absolute Gasteiger partial charge is 0.332 e. The highest BCUT2D eigenvalue weighted by Gasteiger charge is 2.19. The molecule has 0 radical (unpaired) electrons. The standard InChI is InChI=1S/C14H10ClN5O2/c1-18-11-10(12(21)19(2)14(18)22)20(13(15)17-11)9-5-3-4-8(6-9)7-16/h3-6H,1-2H3. The molecule has 0 amide bonds. The summed E-state index contributed by atoms with van der Waals surface area (Å²) in [5.41, 5.74) is 0.356. The Morgan fingerprint density at radius 1 is 1.23 bits per heavy atom. The average molecular weight is 316 g/mol. The molecule has 0 saturated carbocycles. The van der Waals surface area contributed by atoms with Gasteiger partial charge >= 0.3 is 5.69 Å². The Bertz CT molecular complexity index is 1070. The summed E-state index contributed by atoms with van der Waals surface area (Å²) in [4.78, 5) is 28.5. The summed E-state index contributed by atoms with van der Waals surface area (Å²) in [7, 11) is 2.91. The van der Waals surface area contributed by atoms with Crippen molar-refractivity contribution in [3.8, 4) is 11.8 Å². The lowest BCUT2D eigenvalue weighted by atomic mass is 10.2. The fourth-order valence-corrected chi connectivity index (χ4v) is 2.58. The zero-order valence-electron chi connectivity index (χ0n) is 11.7. The predicted octanol–water partition coefficient (Wildman–Crippen LogP) is 0.948. The van der Waals surface area contributed by atoms with Crippen LogP contribution in [0.3, 0.4) is 0 Å². The molecule has 2 heterocycles. The number of aryl methyl sites for hydroxylation is 1. The molecule has 0 spiro atoms. The average Bonchev–Trinajstić information content (AvgIpc) is 2.88. The fourth-order valence-electron chi connectivity index (χ4n) is 2.32. The van der Waals surface area contributed by atoms with Crippen molar-refractivity contribution in [2.45, 2.75) is 0 Å². The lowest BCUT2D eigenvalue weighted by Gasteiger charge is -2.07. The van der Waals surface area contributed by atoms with Gasteiger partial charge in [-0.1, -0.05) is 6.07 Å². The zero-order chi connectivity index (χ0) is 16.0. The van der Waals surface area contributed by atoms with Crippen LogP contribution in [-0.2, 0) is 14.1 Å². The number of halogens is 1. The molecule has 0 saturated heterocycles. The number of fused-ring (bicyclic) bond motifs is 1. The van der Waals surface area contributed by atoms with E-state index in [1.165, 1.54) is 23.2 Å². The van der Waals surface area contributed by atoms with Gasteiger partial charge in [-0.15, -0.1) is 0 Å². The van der Waals surface area contributed by atoms with Crippen LogP contribution >= 0.6 is 11.6 Å². The molecule has 0 aliphatic rings. The molecule has 2 aromatic heterocycles. The van der Waals surface area contributed by atoms with Crippen molar-refractivity contribution in [1.29, 1.82) is 5.26 Å². The van der Waals surface area contributed by atoms with E-state index in [0.29, 0.717) is 11.3 Å². The Hall–Kier alpha value is -2.85. The summed E-state index contributed by atoms with van der Waals surface area (Å²) in [6.07, 6.45) is 0. The molecule has 3 aromatic rings. The third-order valence-corrected chi connectivity index (χ3v) is 3.70. The summed E-state index contributed by atoms with van der Waals surface area (Å²) in [6, 6.07) is 8.66. The highest BCUT2D eigenvalue weighted by atomic mass is 35.5. The van der Waals surface area contributed by atoms with Crippen LogP contribution in [-0.4, -0.2) is 18.7 Å². The summed E-state index contributed by atoms with van der Waals surface area (Å²) < 4.78 is 3.68. The van der Waals surface area contributed by atoms with Crippen LogP contribution in [0.15, 0.2) is 33.9 Å². The molecule has 0 aliphatic heterocycles. The lowest BCUT2D eigenvalue weighted by Crippen LogP contribution is -2.37. The van der Waals surface area contributed by atoms with Gasteiger partial charge in [-0.25, -0.2) is 4.79 Å². The van der Waals surface area contributed by atoms with Gasteiger partial charge in [0.25, 0.3) is 5.56 Å². The number of hydrogen-bond donors (Lipinski definition) is 0. The van der Waals surface area contributed by atoms with Gasteiger partial charge in [0.1, 0.15) is 0 Å². The number of benzene rings is 1. The molecular weight excluding hydrogens is 306 g/mol. The molecule has 0 unspecified atom stereocenters. The van der Waals surface area contributed by atoms with Gasteiger partial charge in [0, 0.05) is 14.1 Å². The van der Waals surface area contributed by atoms with Crippen LogP contribution in [0.4, 0.5) is 0 Å². The number of imidazole rings is 1. The van der Waals surface area contributed by atoms with Gasteiger partial charge in [0.2, 0.25) is 5.28 Å². The van der Waals surface area contributed by atoms with Crippen molar-refractivity contribution < 1.29 is 0 Å². The molecule has 1 aromatic carbocycles. The fraction of sp³-hybridized carbons (Fsp3) is 0.143. The van der Waals surface area contributed by atoms with E-state index in [9.17, 15) is 9.59 Å². The second kappa shape index (κ2) is 4.86. The first kappa shape index (κ1) is 14.1. The van der Waals surface area contributed by atoms with E-state index in [1.807, 2.05) is 6.07 Å². The Morgan fingerprint density at radius 2 is 1.95 bits per heavy atom. The maximum Gasteiger partial charge on any atom is 0.332 e. The summed E-state index contributed by atoms with van der Waals surface area (Å²) >= 11 is 6.15. The summed E-state index contributed by atoms with van der Waals surface area (Å²) in [5.74, 6) is 0. The quantitative estimate of drug-likeness (QED) is 0.626. The van der Waals surface area contributed by atoms with E-state index in [0.717, 1.165) is 4.57 Å². The zero-order valence-corrected chi connectivity index (χ0v) is 12.5. The minimum absolute atomic E-state index is 0.0448. The number of hydrogen-bond acceptors (Lipinski definition) is 4. The minimum atomic E-state index is -0.500. The first-order valence-electron chi connectivity index (χ1n) is 6.30. The van der Waals surface area contributed by atoms with Crippen molar-refractivity contribution in [3.05, 3.63) is 56.0 Å². The molecule has 0 fully saturated rings. The first-order chi connectivity index (χ1) is 10.5. The smallest absolute Gasteiger partial charge is 0.279 e. The van der Waals surface area contributed by atoms with Crippen LogP contribution in [0.1, 0.15) is 5.56 Å². The normalized spacial score (nSPS) is 10.8. The SMILES string of the molecule is Cn1c(=O)c2c(nc(Cl)n2-c2cccc(C#N)c2)n(C)c1=O. The molecule has 0 atom stereocenters. The Balaban J connectivity index is 2.51. The van der Waals surface area contributed by atoms with Crippen molar-refractivity contribution in [2.75, 3.05) is 0 Å². The van der Waals surface area contributed by atoms with Gasteiger partial charge in [-0.05, 0) is 29.8 Å². The van der Waals surface area contributed by atoms with E-state index in [4.69, 9.17) is 16.9 Å². The highest BCUT2D eigenvalue weighted by Crippen LogP contribution is 2.22. The predicted molar refractivity (Wildman–Crippen MR) is 81.3 cm³/mol. The maximum atomic E-state index is 12.4. The second-order valence-corrected chi connectivity index (χ2v) is 5.09. The van der Waals surface area contributed by atoms with E-state index < -0.39 is 11.2 Å². The molecule has 110 valence electrons. The van der Waals surface area contributed by atoms with Crippen LogP contribution in [0.25, 0.3) is 16.9 Å². The van der Waals surface area contributed by atoms with Gasteiger partial charge in [0.15, 0.2) is 11.2 Å². The van der Waals surface area contributed by atoms with Crippen LogP contribution in [0.2, 0.25) is 5.28 Å². The third kappa shape index (κ3) is 1.85. The van der Waals surface area contributed by atoms with Gasteiger partial charge in [-0.2, -0.15) is 10.2 Å². The van der Waals surface area contributed by atoms with Gasteiger partial charge < -0.3 is 0 Å². The number of nitrogens with zero attached hydrogens (tertiary/aromatic N) is 5. The van der Waals surface area contributed by atoms with E-state index in [-0.39, 0.29) is 16.4 Å². The van der Waals surface area contributed by atoms with Crippen molar-refractivity contribution in [1.82, 2.24) is 18.7 Å². The molecule has 0 bridgehead atoms. The minimum Gasteiger partial charge on any atom is -0.279 e. The highest BCUT2D eigenvalue weighted by molar-refractivity contribution is 6.29. The summed E-state index contributed by atoms with van der Waals surface area (Å²) in [5, 5.41) is 9.05. The number of nitriles is 1. The first-order valence-corrected chi connectivity index (χ1v) is 6.68. The van der Waals surface area contributed by atoms with E-state index in [2.05, 4.69) is 4.98 Å². The Morgan fingerprint density at radius 3 is 2.64 bits per heavy atom. The van der Waals surface area contributed by atoms with Crippen LogP contribution < -0.4 is 11.2 Å². The van der Waals surface area contributed by atoms with Crippen LogP contribution in [0.5, 0.6) is 0 Å². The molecule has 7 nitrogen and oxygen atoms in total. The molecule has 8 heteroatoms. The Kier molecular flexibility index (Phi) is 3.11. The lowest BCUT2D eigenvalue weighted by molar-refractivity contribution is 0.707. The molecule has 22 heavy (non-hydrogen) atoms. The topological polar surface area (TPSA) is 85.6 Å². The number of rotatable bonds is 1. The van der Waals surface area contributed by atoms with Crippen molar-refractivity contribution in [2.24, 2.45) is 14.1 Å². The van der Waals surface area contributed by atoms with Gasteiger partial charge in [0.05, 0.1) is 17.3 Å². The maximum absolute atomic E-state index is 12.4. The molecule has 0 N–H and O–H groups in total. The van der Waals surface area contributed by atoms with Crippen molar-refractivity contribution >= 4 is 22.8 Å². The van der Waals surface area contributed by atoms with Gasteiger partial charge in [-0.3, -0.25) is 18.5 Å². The third-order valence-electron chi connectivity index (χ3n) is 3.45. The Labute approximate surface area is 129 Å². The van der Waals surface area contributed by atoms with E-state index >= 15 is 0 Å². The molecule has 3 rings (SSSR count).